The van der Waals surface area contributed by atoms with Gasteiger partial charge in [0.15, 0.2) is 0 Å². The Kier molecular flexibility index (Phi) is 5.81. The fourth-order valence-corrected chi connectivity index (χ4v) is 3.88. The van der Waals surface area contributed by atoms with E-state index in [9.17, 15) is 14.7 Å². The number of carbonyl (C=O) groups is 2. The predicted molar refractivity (Wildman–Crippen MR) is 91.6 cm³/mol. The van der Waals surface area contributed by atoms with E-state index >= 15 is 0 Å². The summed E-state index contributed by atoms with van der Waals surface area (Å²) in [6, 6.07) is 7.43. The van der Waals surface area contributed by atoms with Gasteiger partial charge in [-0.3, -0.25) is 4.79 Å². The monoisotopic (exact) mass is 339 g/mol. The summed E-state index contributed by atoms with van der Waals surface area (Å²) in [7, 11) is 0. The van der Waals surface area contributed by atoms with Crippen LogP contribution in [0.3, 0.4) is 0 Å². The van der Waals surface area contributed by atoms with Crippen molar-refractivity contribution in [2.45, 2.75) is 36.5 Å². The molecule has 4 nitrogen and oxygen atoms in total. The summed E-state index contributed by atoms with van der Waals surface area (Å²) >= 11 is 5.79. The highest BCUT2D eigenvalue weighted by atomic mass is 32.2. The fraction of sp³-hybridized carbons (Fsp3) is 0.500. The Labute approximate surface area is 140 Å². The van der Waals surface area contributed by atoms with E-state index in [0.29, 0.717) is 18.7 Å². The summed E-state index contributed by atoms with van der Waals surface area (Å²) < 4.78 is 0. The van der Waals surface area contributed by atoms with Crippen LogP contribution in [-0.4, -0.2) is 45.5 Å². The maximum Gasteiger partial charge on any atom is 0.326 e. The number of hydrogen-bond acceptors (Lipinski definition) is 4. The van der Waals surface area contributed by atoms with Gasteiger partial charge < -0.3 is 10.0 Å². The number of thioether (sulfide) groups is 1. The predicted octanol–water partition coefficient (Wildman–Crippen LogP) is 2.71. The summed E-state index contributed by atoms with van der Waals surface area (Å²) in [6.45, 7) is 4.30. The molecule has 1 aromatic rings. The Bertz CT molecular complexity index is 547. The van der Waals surface area contributed by atoms with E-state index in [4.69, 9.17) is 0 Å². The van der Waals surface area contributed by atoms with Gasteiger partial charge in [-0.2, -0.15) is 12.6 Å². The van der Waals surface area contributed by atoms with Crippen molar-refractivity contribution in [3.05, 3.63) is 29.8 Å². The highest BCUT2D eigenvalue weighted by Crippen LogP contribution is 2.33. The van der Waals surface area contributed by atoms with Crippen molar-refractivity contribution < 1.29 is 14.7 Å². The molecule has 1 saturated heterocycles. The lowest BCUT2D eigenvalue weighted by molar-refractivity contribution is -0.149. The molecule has 1 amide bonds. The molecule has 6 heteroatoms. The lowest BCUT2D eigenvalue weighted by Gasteiger charge is -2.24. The molecular weight excluding hydrogens is 318 g/mol. The van der Waals surface area contributed by atoms with E-state index in [0.717, 1.165) is 4.90 Å². The highest BCUT2D eigenvalue weighted by molar-refractivity contribution is 8.00. The van der Waals surface area contributed by atoms with Gasteiger partial charge in [0.05, 0.1) is 0 Å². The summed E-state index contributed by atoms with van der Waals surface area (Å²) in [5, 5.41) is 9.50. The van der Waals surface area contributed by atoms with Gasteiger partial charge in [0.1, 0.15) is 6.04 Å². The van der Waals surface area contributed by atoms with Crippen LogP contribution in [0.2, 0.25) is 0 Å². The normalized spacial score (nSPS) is 22.6. The minimum absolute atomic E-state index is 0.111. The third-order valence-electron chi connectivity index (χ3n) is 3.85. The molecule has 3 atom stereocenters. The Morgan fingerprint density at radius 1 is 1.41 bits per heavy atom. The van der Waals surface area contributed by atoms with Crippen molar-refractivity contribution >= 4 is 36.3 Å². The van der Waals surface area contributed by atoms with Crippen molar-refractivity contribution in [3.63, 3.8) is 0 Å². The van der Waals surface area contributed by atoms with E-state index in [2.05, 4.69) is 12.6 Å². The molecule has 120 valence electrons. The number of carboxylic acid groups (broad SMARTS) is 1. The Morgan fingerprint density at radius 2 is 2.05 bits per heavy atom. The summed E-state index contributed by atoms with van der Waals surface area (Å²) in [4.78, 5) is 26.4. The zero-order valence-corrected chi connectivity index (χ0v) is 14.4. The van der Waals surface area contributed by atoms with E-state index in [1.54, 1.807) is 18.7 Å². The number of aryl methyl sites for hydroxylation is 1. The second-order valence-electron chi connectivity index (χ2n) is 5.72. The number of amides is 1. The zero-order valence-electron chi connectivity index (χ0n) is 12.7. The van der Waals surface area contributed by atoms with Crippen LogP contribution in [0.4, 0.5) is 0 Å². The maximum absolute atomic E-state index is 12.3. The van der Waals surface area contributed by atoms with Crippen LogP contribution in [0, 0.1) is 12.8 Å². The molecule has 1 aliphatic heterocycles. The first-order valence-corrected chi connectivity index (χ1v) is 8.81. The lowest BCUT2D eigenvalue weighted by Crippen LogP contribution is -2.43. The molecule has 0 saturated carbocycles. The molecule has 2 rings (SSSR count). The first-order valence-electron chi connectivity index (χ1n) is 7.30. The number of aliphatic carboxylic acids is 1. The second-order valence-corrected chi connectivity index (χ2v) is 7.46. The van der Waals surface area contributed by atoms with Gasteiger partial charge >= 0.3 is 5.97 Å². The van der Waals surface area contributed by atoms with Crippen LogP contribution in [0.15, 0.2) is 29.2 Å². The first kappa shape index (κ1) is 17.2. The van der Waals surface area contributed by atoms with Crippen LogP contribution >= 0.6 is 24.4 Å². The zero-order chi connectivity index (χ0) is 16.3. The molecule has 1 aromatic carbocycles. The van der Waals surface area contributed by atoms with Crippen molar-refractivity contribution in [1.29, 1.82) is 0 Å². The van der Waals surface area contributed by atoms with Crippen molar-refractivity contribution in [2.75, 3.05) is 12.3 Å². The molecule has 0 aromatic heterocycles. The molecule has 0 bridgehead atoms. The van der Waals surface area contributed by atoms with Crippen LogP contribution in [0.1, 0.15) is 18.9 Å². The summed E-state index contributed by atoms with van der Waals surface area (Å²) in [6.07, 6.45) is 0.485. The first-order chi connectivity index (χ1) is 10.4. The molecule has 1 fully saturated rings. The van der Waals surface area contributed by atoms with E-state index in [1.807, 2.05) is 31.2 Å². The van der Waals surface area contributed by atoms with E-state index in [-0.39, 0.29) is 17.1 Å². The molecule has 22 heavy (non-hydrogen) atoms. The Hall–Kier alpha value is -1.14. The van der Waals surface area contributed by atoms with Crippen LogP contribution in [0.25, 0.3) is 0 Å². The summed E-state index contributed by atoms with van der Waals surface area (Å²) in [5.41, 5.74) is 1.19. The quantitative estimate of drug-likeness (QED) is 0.810. The molecule has 0 aliphatic carbocycles. The van der Waals surface area contributed by atoms with Crippen molar-refractivity contribution in [2.24, 2.45) is 5.92 Å². The number of nitrogens with zero attached hydrogens (tertiary/aromatic N) is 1. The molecular formula is C16H21NO3S2. The van der Waals surface area contributed by atoms with Gasteiger partial charge in [-0.15, -0.1) is 11.8 Å². The van der Waals surface area contributed by atoms with Gasteiger partial charge in [-0.05, 0) is 25.5 Å². The summed E-state index contributed by atoms with van der Waals surface area (Å²) in [5.74, 6) is -0.869. The minimum atomic E-state index is -0.924. The number of rotatable bonds is 5. The third kappa shape index (κ3) is 3.98. The van der Waals surface area contributed by atoms with Gasteiger partial charge in [0, 0.05) is 28.4 Å². The SMILES string of the molecule is Cc1ccc(SC2C[C@@H](C(=O)O)N(C(=O)C(C)CS)C2)cc1. The standard InChI is InChI=1S/C16H21NO3S2/c1-10-3-5-12(6-4-10)22-13-7-14(16(19)20)17(8-13)15(18)11(2)9-21/h3-6,11,13-14,21H,7-9H2,1-2H3,(H,19,20)/t11?,13?,14-/m0/s1. The van der Waals surface area contributed by atoms with Gasteiger partial charge in [-0.1, -0.05) is 24.6 Å². The number of thiol groups is 1. The molecule has 1 N–H and O–H groups in total. The average Bonchev–Trinajstić information content (AvgIpc) is 2.92. The van der Waals surface area contributed by atoms with Crippen LogP contribution in [-0.2, 0) is 9.59 Å². The Morgan fingerprint density at radius 3 is 2.59 bits per heavy atom. The van der Waals surface area contributed by atoms with Crippen LogP contribution < -0.4 is 0 Å². The van der Waals surface area contributed by atoms with Crippen molar-refractivity contribution in [1.82, 2.24) is 4.90 Å². The van der Waals surface area contributed by atoms with E-state index < -0.39 is 12.0 Å². The van der Waals surface area contributed by atoms with Crippen LogP contribution in [0.5, 0.6) is 0 Å². The highest BCUT2D eigenvalue weighted by Gasteiger charge is 2.40. The number of carbonyl (C=O) groups excluding carboxylic acids is 1. The molecule has 0 radical (unpaired) electrons. The van der Waals surface area contributed by atoms with Gasteiger partial charge in [0.2, 0.25) is 5.91 Å². The molecule has 1 heterocycles. The molecule has 0 spiro atoms. The van der Waals surface area contributed by atoms with Crippen molar-refractivity contribution in [3.8, 4) is 0 Å². The third-order valence-corrected chi connectivity index (χ3v) is 5.62. The number of hydrogen-bond donors (Lipinski definition) is 2. The lowest BCUT2D eigenvalue weighted by atomic mass is 10.1. The fourth-order valence-electron chi connectivity index (χ4n) is 2.53. The number of likely N-dealkylation sites (tertiary alicyclic amines) is 1. The number of benzene rings is 1. The number of carboxylic acids is 1. The smallest absolute Gasteiger partial charge is 0.326 e. The second kappa shape index (κ2) is 7.42. The Balaban J connectivity index is 2.08. The molecule has 2 unspecified atom stereocenters. The average molecular weight is 339 g/mol. The molecule has 1 aliphatic rings. The largest absolute Gasteiger partial charge is 0.480 e. The van der Waals surface area contributed by atoms with E-state index in [1.165, 1.54) is 10.5 Å². The maximum atomic E-state index is 12.3. The minimum Gasteiger partial charge on any atom is -0.480 e. The van der Waals surface area contributed by atoms with Gasteiger partial charge in [0.25, 0.3) is 0 Å². The topological polar surface area (TPSA) is 57.6 Å². The van der Waals surface area contributed by atoms with Gasteiger partial charge in [-0.25, -0.2) is 4.79 Å².